The van der Waals surface area contributed by atoms with Gasteiger partial charge in [-0.2, -0.15) is 11.3 Å². The van der Waals surface area contributed by atoms with Crippen LogP contribution >= 0.6 is 11.3 Å². The molecule has 96 valence electrons. The third-order valence-electron chi connectivity index (χ3n) is 2.24. The molecule has 0 aliphatic carbocycles. The second-order valence-corrected chi connectivity index (χ2v) is 5.97. The van der Waals surface area contributed by atoms with Crippen molar-refractivity contribution in [3.63, 3.8) is 0 Å². The third kappa shape index (κ3) is 2.69. The highest BCUT2D eigenvalue weighted by molar-refractivity contribution is 7.92. The lowest BCUT2D eigenvalue weighted by Gasteiger charge is -2.08. The van der Waals surface area contributed by atoms with Gasteiger partial charge in [0.1, 0.15) is 10.7 Å². The Bertz CT molecular complexity index is 638. The van der Waals surface area contributed by atoms with Gasteiger partial charge in [-0.1, -0.05) is 6.07 Å². The van der Waals surface area contributed by atoms with Crippen molar-refractivity contribution in [2.45, 2.75) is 11.5 Å². The highest BCUT2D eigenvalue weighted by atomic mass is 32.2. The second kappa shape index (κ2) is 5.05. The van der Waals surface area contributed by atoms with Crippen molar-refractivity contribution in [3.8, 4) is 0 Å². The van der Waals surface area contributed by atoms with E-state index in [0.717, 1.165) is 12.1 Å². The average molecular weight is 287 g/mol. The lowest BCUT2D eigenvalue weighted by Crippen LogP contribution is -2.14. The minimum atomic E-state index is -3.94. The van der Waals surface area contributed by atoms with Crippen molar-refractivity contribution in [2.24, 2.45) is 0 Å². The second-order valence-electron chi connectivity index (χ2n) is 3.54. The molecule has 0 aliphatic rings. The van der Waals surface area contributed by atoms with E-state index in [1.54, 1.807) is 16.8 Å². The standard InChI is InChI=1S/C11H10FNO3S2/c12-10-5-8(6-14)1-2-11(10)18(15,16)13-9-3-4-17-7-9/h1-5,7,13-14H,6H2. The lowest BCUT2D eigenvalue weighted by molar-refractivity contribution is 0.281. The summed E-state index contributed by atoms with van der Waals surface area (Å²) < 4.78 is 39.7. The summed E-state index contributed by atoms with van der Waals surface area (Å²) in [5, 5.41) is 12.2. The van der Waals surface area contributed by atoms with Crippen molar-refractivity contribution in [2.75, 3.05) is 4.72 Å². The first-order valence-electron chi connectivity index (χ1n) is 4.97. The number of rotatable bonds is 4. The van der Waals surface area contributed by atoms with Gasteiger partial charge in [-0.15, -0.1) is 0 Å². The number of nitrogens with one attached hydrogen (secondary N) is 1. The summed E-state index contributed by atoms with van der Waals surface area (Å²) in [7, 11) is -3.94. The number of thiophene rings is 1. The van der Waals surface area contributed by atoms with Crippen LogP contribution in [0.15, 0.2) is 39.9 Å². The van der Waals surface area contributed by atoms with Crippen LogP contribution in [0.2, 0.25) is 0 Å². The Labute approximate surface area is 108 Å². The Hall–Kier alpha value is -1.44. The van der Waals surface area contributed by atoms with Crippen LogP contribution in [0.4, 0.5) is 10.1 Å². The molecule has 0 bridgehead atoms. The molecule has 2 aromatic rings. The van der Waals surface area contributed by atoms with Crippen LogP contribution < -0.4 is 4.72 Å². The number of hydrogen-bond acceptors (Lipinski definition) is 4. The number of sulfonamides is 1. The van der Waals surface area contributed by atoms with Crippen molar-refractivity contribution in [3.05, 3.63) is 46.4 Å². The minimum Gasteiger partial charge on any atom is -0.392 e. The fourth-order valence-corrected chi connectivity index (χ4v) is 3.17. The molecular weight excluding hydrogens is 277 g/mol. The summed E-state index contributed by atoms with van der Waals surface area (Å²) >= 11 is 1.33. The van der Waals surface area contributed by atoms with Gasteiger partial charge in [0, 0.05) is 5.38 Å². The van der Waals surface area contributed by atoms with E-state index in [2.05, 4.69) is 4.72 Å². The average Bonchev–Trinajstić information content (AvgIpc) is 2.80. The zero-order valence-corrected chi connectivity index (χ0v) is 10.8. The molecular formula is C11H10FNO3S2. The third-order valence-corrected chi connectivity index (χ3v) is 4.34. The fourth-order valence-electron chi connectivity index (χ4n) is 1.39. The molecule has 0 saturated carbocycles. The quantitative estimate of drug-likeness (QED) is 0.905. The van der Waals surface area contributed by atoms with Crippen LogP contribution in [0, 0.1) is 5.82 Å². The molecule has 2 N–H and O–H groups in total. The Balaban J connectivity index is 2.35. The summed E-state index contributed by atoms with van der Waals surface area (Å²) in [5.41, 5.74) is 0.715. The zero-order valence-electron chi connectivity index (χ0n) is 9.13. The van der Waals surface area contributed by atoms with E-state index in [0.29, 0.717) is 11.3 Å². The Morgan fingerprint density at radius 1 is 1.33 bits per heavy atom. The number of aliphatic hydroxyl groups excluding tert-OH is 1. The van der Waals surface area contributed by atoms with Gasteiger partial charge in [0.15, 0.2) is 0 Å². The van der Waals surface area contributed by atoms with Gasteiger partial charge in [0.05, 0.1) is 12.3 Å². The van der Waals surface area contributed by atoms with Gasteiger partial charge in [0.2, 0.25) is 0 Å². The lowest BCUT2D eigenvalue weighted by atomic mass is 10.2. The van der Waals surface area contributed by atoms with Crippen LogP contribution in [0.1, 0.15) is 5.56 Å². The predicted octanol–water partition coefficient (Wildman–Crippen LogP) is 2.18. The van der Waals surface area contributed by atoms with E-state index >= 15 is 0 Å². The first-order chi connectivity index (χ1) is 8.53. The molecule has 4 nitrogen and oxygen atoms in total. The van der Waals surface area contributed by atoms with E-state index in [4.69, 9.17) is 5.11 Å². The summed E-state index contributed by atoms with van der Waals surface area (Å²) in [6.07, 6.45) is 0. The number of anilines is 1. The normalized spacial score (nSPS) is 11.4. The monoisotopic (exact) mass is 287 g/mol. The Kier molecular flexibility index (Phi) is 3.65. The maximum Gasteiger partial charge on any atom is 0.264 e. The summed E-state index contributed by atoms with van der Waals surface area (Å²) in [5.74, 6) is -0.885. The summed E-state index contributed by atoms with van der Waals surface area (Å²) in [6.45, 7) is -0.338. The van der Waals surface area contributed by atoms with Crippen LogP contribution in [0.5, 0.6) is 0 Å². The summed E-state index contributed by atoms with van der Waals surface area (Å²) in [4.78, 5) is -0.439. The van der Waals surface area contributed by atoms with Crippen LogP contribution in [0.3, 0.4) is 0 Å². The molecule has 0 saturated heterocycles. The number of halogens is 1. The highest BCUT2D eigenvalue weighted by Gasteiger charge is 2.19. The fraction of sp³-hybridized carbons (Fsp3) is 0.0909. The maximum absolute atomic E-state index is 13.6. The molecule has 1 aromatic heterocycles. The predicted molar refractivity (Wildman–Crippen MR) is 67.5 cm³/mol. The van der Waals surface area contributed by atoms with Gasteiger partial charge in [-0.05, 0) is 29.1 Å². The van der Waals surface area contributed by atoms with E-state index < -0.39 is 20.7 Å². The first-order valence-corrected chi connectivity index (χ1v) is 7.40. The molecule has 1 aromatic carbocycles. The molecule has 0 unspecified atom stereocenters. The molecule has 18 heavy (non-hydrogen) atoms. The molecule has 7 heteroatoms. The van der Waals surface area contributed by atoms with Crippen LogP contribution in [0.25, 0.3) is 0 Å². The SMILES string of the molecule is O=S(=O)(Nc1ccsc1)c1ccc(CO)cc1F. The van der Waals surface area contributed by atoms with E-state index in [1.165, 1.54) is 17.4 Å². The number of hydrogen-bond donors (Lipinski definition) is 2. The van der Waals surface area contributed by atoms with E-state index in [-0.39, 0.29) is 6.61 Å². The van der Waals surface area contributed by atoms with Crippen molar-refractivity contribution < 1.29 is 17.9 Å². The Morgan fingerprint density at radius 2 is 2.11 bits per heavy atom. The topological polar surface area (TPSA) is 66.4 Å². The van der Waals surface area contributed by atoms with Crippen molar-refractivity contribution >= 4 is 27.0 Å². The van der Waals surface area contributed by atoms with Gasteiger partial charge < -0.3 is 5.11 Å². The number of aliphatic hydroxyl groups is 1. The van der Waals surface area contributed by atoms with Crippen LogP contribution in [-0.4, -0.2) is 13.5 Å². The first kappa shape index (κ1) is 13.0. The molecule has 2 rings (SSSR count). The largest absolute Gasteiger partial charge is 0.392 e. The number of benzene rings is 1. The van der Waals surface area contributed by atoms with E-state index in [9.17, 15) is 12.8 Å². The van der Waals surface area contributed by atoms with Crippen LogP contribution in [-0.2, 0) is 16.6 Å². The zero-order chi connectivity index (χ0) is 13.2. The minimum absolute atomic E-state index is 0.321. The molecule has 0 aliphatic heterocycles. The maximum atomic E-state index is 13.6. The van der Waals surface area contributed by atoms with Gasteiger partial charge in [-0.3, -0.25) is 4.72 Å². The molecule has 0 amide bonds. The molecule has 0 spiro atoms. The van der Waals surface area contributed by atoms with Crippen molar-refractivity contribution in [1.29, 1.82) is 0 Å². The molecule has 0 radical (unpaired) electrons. The van der Waals surface area contributed by atoms with Gasteiger partial charge in [0.25, 0.3) is 10.0 Å². The Morgan fingerprint density at radius 3 is 2.67 bits per heavy atom. The van der Waals surface area contributed by atoms with Gasteiger partial charge in [-0.25, -0.2) is 12.8 Å². The van der Waals surface area contributed by atoms with E-state index in [1.807, 2.05) is 0 Å². The molecule has 1 heterocycles. The molecule has 0 fully saturated rings. The molecule has 0 atom stereocenters. The smallest absolute Gasteiger partial charge is 0.264 e. The van der Waals surface area contributed by atoms with Crippen molar-refractivity contribution in [1.82, 2.24) is 0 Å². The summed E-state index contributed by atoms with van der Waals surface area (Å²) in [6, 6.07) is 5.09. The van der Waals surface area contributed by atoms with Gasteiger partial charge >= 0.3 is 0 Å². The highest BCUT2D eigenvalue weighted by Crippen LogP contribution is 2.21.